The zero-order chi connectivity index (χ0) is 9.23. The molecule has 0 aliphatic heterocycles. The van der Waals surface area contributed by atoms with Crippen molar-refractivity contribution < 1.29 is 14.4 Å². The van der Waals surface area contributed by atoms with Crippen LogP contribution in [0.25, 0.3) is 0 Å². The smallest absolute Gasteiger partial charge is 0.352 e. The Morgan fingerprint density at radius 1 is 1.55 bits per heavy atom. The second kappa shape index (κ2) is 3.34. The zero-order valence-corrected chi connectivity index (χ0v) is 8.33. The largest absolute Gasteiger partial charge is 0.410 e. The summed E-state index contributed by atoms with van der Waals surface area (Å²) in [4.78, 5) is 30.5. The lowest BCUT2D eigenvalue weighted by Crippen LogP contribution is -2.53. The van der Waals surface area contributed by atoms with Crippen LogP contribution < -0.4 is 0 Å². The van der Waals surface area contributed by atoms with E-state index in [1.165, 1.54) is 18.4 Å². The van der Waals surface area contributed by atoms with Gasteiger partial charge in [0, 0.05) is 14.0 Å². The first kappa shape index (κ1) is 10.6. The van der Waals surface area contributed by atoms with Crippen molar-refractivity contribution in [3.63, 3.8) is 0 Å². The molecule has 2 N–H and O–H groups in total. The van der Waals surface area contributed by atoms with Crippen LogP contribution >= 0.6 is 0 Å². The summed E-state index contributed by atoms with van der Waals surface area (Å²) >= 11 is 0. The first-order valence-corrected chi connectivity index (χ1v) is 5.92. The molecule has 11 heavy (non-hydrogen) atoms. The highest BCUT2D eigenvalue weighted by Gasteiger charge is 2.34. The molecular weight excluding hydrogens is 162 g/mol. The van der Waals surface area contributed by atoms with E-state index in [9.17, 15) is 14.4 Å². The molecule has 5 heteroatoms. The van der Waals surface area contributed by atoms with Gasteiger partial charge >= 0.3 is 8.56 Å². The van der Waals surface area contributed by atoms with Gasteiger partial charge in [0.15, 0.2) is 0 Å². The summed E-state index contributed by atoms with van der Waals surface area (Å²) in [5.74, 6) is -0.153. The summed E-state index contributed by atoms with van der Waals surface area (Å²) in [6.07, 6.45) is 0. The molecule has 0 aromatic heterocycles. The summed E-state index contributed by atoms with van der Waals surface area (Å²) in [5.41, 5.74) is -0.458. The molecule has 0 aliphatic rings. The van der Waals surface area contributed by atoms with Crippen LogP contribution in [0.5, 0.6) is 0 Å². The fraction of sp³-hybridized carbons (Fsp3) is 0.833. The molecule has 0 aromatic carbocycles. The fourth-order valence-corrected chi connectivity index (χ4v) is 1.56. The van der Waals surface area contributed by atoms with Crippen LogP contribution in [0.3, 0.4) is 0 Å². The second-order valence-corrected chi connectivity index (χ2v) is 5.92. The molecule has 66 valence electrons. The van der Waals surface area contributed by atoms with E-state index in [4.69, 9.17) is 0 Å². The lowest BCUT2D eigenvalue weighted by Gasteiger charge is -2.29. The Morgan fingerprint density at radius 2 is 1.91 bits per heavy atom. The second-order valence-electron chi connectivity index (χ2n) is 2.90. The molecule has 0 fully saturated rings. The van der Waals surface area contributed by atoms with Crippen molar-refractivity contribution >= 4 is 14.5 Å². The Labute approximate surface area is 67.7 Å². The molecule has 1 atom stereocenters. The average molecular weight is 177 g/mol. The summed E-state index contributed by atoms with van der Waals surface area (Å²) in [5, 5.41) is 0. The zero-order valence-electron chi connectivity index (χ0n) is 7.33. The topological polar surface area (TPSA) is 60.8 Å². The third kappa shape index (κ3) is 3.00. The van der Waals surface area contributed by atoms with Gasteiger partial charge in [0.05, 0.1) is 5.67 Å². The van der Waals surface area contributed by atoms with Crippen LogP contribution in [0.15, 0.2) is 0 Å². The van der Waals surface area contributed by atoms with E-state index < -0.39 is 14.2 Å². The van der Waals surface area contributed by atoms with Crippen LogP contribution in [0, 0.1) is 0 Å². The Hall–Kier alpha value is -0.393. The van der Waals surface area contributed by atoms with Crippen molar-refractivity contribution in [2.45, 2.75) is 26.1 Å². The molecule has 0 spiro atoms. The van der Waals surface area contributed by atoms with Gasteiger partial charge in [-0.25, -0.2) is 0 Å². The van der Waals surface area contributed by atoms with E-state index in [1.807, 2.05) is 0 Å². The highest BCUT2D eigenvalue weighted by molar-refractivity contribution is 6.65. The van der Waals surface area contributed by atoms with Gasteiger partial charge in [0.1, 0.15) is 0 Å². The molecule has 0 radical (unpaired) electrons. The molecule has 1 unspecified atom stereocenters. The number of nitrogens with zero attached hydrogens (tertiary/aromatic N) is 1. The first-order chi connectivity index (χ1) is 4.76. The maximum atomic E-state index is 10.8. The van der Waals surface area contributed by atoms with Crippen LogP contribution in [0.4, 0.5) is 0 Å². The minimum absolute atomic E-state index is 0.153. The maximum Gasteiger partial charge on any atom is 0.352 e. The SMILES string of the molecule is CC(=O)N(C)C(C)[Si](C)(O)O. The molecule has 0 aliphatic carbocycles. The molecule has 0 saturated carbocycles. The minimum atomic E-state index is -3.18. The van der Waals surface area contributed by atoms with Gasteiger partial charge in [-0.1, -0.05) is 0 Å². The number of rotatable bonds is 2. The normalized spacial score (nSPS) is 14.4. The predicted molar refractivity (Wildman–Crippen MR) is 44.0 cm³/mol. The molecule has 0 heterocycles. The van der Waals surface area contributed by atoms with Gasteiger partial charge in [0.2, 0.25) is 5.91 Å². The van der Waals surface area contributed by atoms with Crippen molar-refractivity contribution in [2.24, 2.45) is 0 Å². The Morgan fingerprint density at radius 3 is 2.00 bits per heavy atom. The van der Waals surface area contributed by atoms with E-state index in [0.29, 0.717) is 0 Å². The third-order valence-electron chi connectivity index (χ3n) is 1.87. The quantitative estimate of drug-likeness (QED) is 0.556. The first-order valence-electron chi connectivity index (χ1n) is 3.45. The van der Waals surface area contributed by atoms with Crippen LogP contribution in [0.1, 0.15) is 13.8 Å². The molecule has 0 aromatic rings. The van der Waals surface area contributed by atoms with Gasteiger partial charge in [0.25, 0.3) is 0 Å². The van der Waals surface area contributed by atoms with Gasteiger partial charge < -0.3 is 14.5 Å². The lowest BCUT2D eigenvalue weighted by molar-refractivity contribution is -0.128. The molecule has 0 saturated heterocycles. The Balaban J connectivity index is 4.25. The standard InChI is InChI=1S/C6H15NO3Si/c1-5(8)7(3)6(2)11(4,9)10/h6,9-10H,1-4H3. The van der Waals surface area contributed by atoms with Crippen molar-refractivity contribution in [2.75, 3.05) is 7.05 Å². The van der Waals surface area contributed by atoms with Gasteiger partial charge in [-0.05, 0) is 13.5 Å². The summed E-state index contributed by atoms with van der Waals surface area (Å²) in [6, 6.07) is 0. The predicted octanol–water partition coefficient (Wildman–Crippen LogP) is -0.551. The third-order valence-corrected chi connectivity index (χ3v) is 3.84. The Bertz CT molecular complexity index is 154. The maximum absolute atomic E-state index is 10.8. The molecule has 0 bridgehead atoms. The average Bonchev–Trinajstić information content (AvgIpc) is 1.82. The Kier molecular flexibility index (Phi) is 3.22. The van der Waals surface area contributed by atoms with Gasteiger partial charge in [-0.2, -0.15) is 0 Å². The summed E-state index contributed by atoms with van der Waals surface area (Å²) < 4.78 is 0. The van der Waals surface area contributed by atoms with Gasteiger partial charge in [-0.15, -0.1) is 0 Å². The molecule has 4 nitrogen and oxygen atoms in total. The lowest BCUT2D eigenvalue weighted by atomic mass is 10.5. The summed E-state index contributed by atoms with van der Waals surface area (Å²) in [6.45, 7) is 4.42. The number of hydrogen-bond donors (Lipinski definition) is 2. The molecular formula is C6H15NO3Si. The molecule has 1 amide bonds. The van der Waals surface area contributed by atoms with Crippen LogP contribution in [-0.4, -0.2) is 41.7 Å². The monoisotopic (exact) mass is 177 g/mol. The number of hydrogen-bond acceptors (Lipinski definition) is 3. The minimum Gasteiger partial charge on any atom is -0.410 e. The fourth-order valence-electron chi connectivity index (χ4n) is 0.640. The van der Waals surface area contributed by atoms with E-state index in [0.717, 1.165) is 0 Å². The van der Waals surface area contributed by atoms with Crippen LogP contribution in [0.2, 0.25) is 6.55 Å². The number of carbonyl (C=O) groups is 1. The van der Waals surface area contributed by atoms with E-state index in [-0.39, 0.29) is 5.91 Å². The number of carbonyl (C=O) groups excluding carboxylic acids is 1. The molecule has 0 rings (SSSR count). The van der Waals surface area contributed by atoms with Crippen molar-refractivity contribution in [1.82, 2.24) is 4.90 Å². The highest BCUT2D eigenvalue weighted by Crippen LogP contribution is 2.06. The highest BCUT2D eigenvalue weighted by atomic mass is 28.4. The van der Waals surface area contributed by atoms with E-state index in [1.54, 1.807) is 14.0 Å². The van der Waals surface area contributed by atoms with Crippen LogP contribution in [-0.2, 0) is 4.79 Å². The number of amides is 1. The van der Waals surface area contributed by atoms with Crippen molar-refractivity contribution in [1.29, 1.82) is 0 Å². The van der Waals surface area contributed by atoms with Gasteiger partial charge in [-0.3, -0.25) is 4.79 Å². The van der Waals surface area contributed by atoms with E-state index >= 15 is 0 Å². The summed E-state index contributed by atoms with van der Waals surface area (Å²) in [7, 11) is -1.62. The van der Waals surface area contributed by atoms with Crippen molar-refractivity contribution in [3.8, 4) is 0 Å². The van der Waals surface area contributed by atoms with E-state index in [2.05, 4.69) is 0 Å². The van der Waals surface area contributed by atoms with Crippen molar-refractivity contribution in [3.05, 3.63) is 0 Å².